The van der Waals surface area contributed by atoms with Gasteiger partial charge in [0.05, 0.1) is 15.9 Å². The number of nitrogens with zero attached hydrogens (tertiary/aromatic N) is 2. The number of carbonyl (C=O) groups is 1. The summed E-state index contributed by atoms with van der Waals surface area (Å²) in [5.74, 6) is -5.83. The van der Waals surface area contributed by atoms with E-state index in [9.17, 15) is 33.8 Å². The van der Waals surface area contributed by atoms with Crippen LogP contribution in [0.2, 0.25) is 0 Å². The number of carbonyl (C=O) groups excluding carboxylic acids is 1. The summed E-state index contributed by atoms with van der Waals surface area (Å²) >= 11 is 0. The molecule has 0 radical (unpaired) electrons. The summed E-state index contributed by atoms with van der Waals surface area (Å²) in [5, 5.41) is 21.6. The van der Waals surface area contributed by atoms with Crippen molar-refractivity contribution in [1.29, 1.82) is 0 Å². The Hall–Kier alpha value is -3.23. The van der Waals surface area contributed by atoms with Gasteiger partial charge < -0.3 is 0 Å². The van der Waals surface area contributed by atoms with Crippen LogP contribution in [0.15, 0.2) is 48.5 Å². The van der Waals surface area contributed by atoms with E-state index in [1.807, 2.05) is 0 Å². The van der Waals surface area contributed by atoms with Gasteiger partial charge in [0, 0.05) is 11.6 Å². The molecule has 0 bridgehead atoms. The highest BCUT2D eigenvalue weighted by molar-refractivity contribution is 6.02. The zero-order valence-corrected chi connectivity index (χ0v) is 11.3. The SMILES string of the molecule is O=C(c1ccccc1)C(F)(F)c1ccc([N+](=O)[O-])cc1[N+](=O)[O-]. The van der Waals surface area contributed by atoms with Gasteiger partial charge in [-0.3, -0.25) is 25.0 Å². The summed E-state index contributed by atoms with van der Waals surface area (Å²) in [4.78, 5) is 31.4. The maximum atomic E-state index is 14.4. The predicted octanol–water partition coefficient (Wildman–Crippen LogP) is 3.48. The van der Waals surface area contributed by atoms with E-state index in [4.69, 9.17) is 0 Å². The van der Waals surface area contributed by atoms with Gasteiger partial charge in [-0.2, -0.15) is 8.78 Å². The number of non-ortho nitro benzene ring substituents is 1. The van der Waals surface area contributed by atoms with E-state index in [1.54, 1.807) is 0 Å². The lowest BCUT2D eigenvalue weighted by molar-refractivity contribution is -0.395. The molecular formula is C14H8F2N2O5. The van der Waals surface area contributed by atoms with Crippen LogP contribution in [0.5, 0.6) is 0 Å². The van der Waals surface area contributed by atoms with Gasteiger partial charge in [0.15, 0.2) is 0 Å². The minimum Gasteiger partial charge on any atom is -0.287 e. The Labute approximate surface area is 127 Å². The third kappa shape index (κ3) is 3.03. The zero-order valence-electron chi connectivity index (χ0n) is 11.3. The van der Waals surface area contributed by atoms with Crippen molar-refractivity contribution in [2.75, 3.05) is 0 Å². The van der Waals surface area contributed by atoms with E-state index in [1.165, 1.54) is 18.2 Å². The van der Waals surface area contributed by atoms with E-state index in [0.717, 1.165) is 12.1 Å². The van der Waals surface area contributed by atoms with Crippen LogP contribution in [0.4, 0.5) is 20.2 Å². The van der Waals surface area contributed by atoms with E-state index in [2.05, 4.69) is 0 Å². The Bertz CT molecular complexity index is 793. The predicted molar refractivity (Wildman–Crippen MR) is 74.4 cm³/mol. The van der Waals surface area contributed by atoms with Crippen molar-refractivity contribution in [3.05, 3.63) is 79.9 Å². The van der Waals surface area contributed by atoms with Gasteiger partial charge in [-0.15, -0.1) is 0 Å². The molecule has 2 aromatic rings. The summed E-state index contributed by atoms with van der Waals surface area (Å²) < 4.78 is 28.7. The largest absolute Gasteiger partial charge is 0.341 e. The van der Waals surface area contributed by atoms with Crippen molar-refractivity contribution in [3.63, 3.8) is 0 Å². The standard InChI is InChI=1S/C14H8F2N2O5/c15-14(16,13(19)9-4-2-1-3-5-9)11-7-6-10(17(20)21)8-12(11)18(22)23/h1-8H. The molecule has 0 saturated heterocycles. The molecule has 0 unspecified atom stereocenters. The molecule has 23 heavy (non-hydrogen) atoms. The second-order valence-corrected chi connectivity index (χ2v) is 4.49. The number of ketones is 1. The molecule has 0 N–H and O–H groups in total. The van der Waals surface area contributed by atoms with E-state index in [0.29, 0.717) is 18.2 Å². The average molecular weight is 322 g/mol. The molecule has 7 nitrogen and oxygen atoms in total. The van der Waals surface area contributed by atoms with Crippen molar-refractivity contribution in [2.24, 2.45) is 0 Å². The molecule has 2 rings (SSSR count). The topological polar surface area (TPSA) is 103 Å². The van der Waals surface area contributed by atoms with E-state index in [-0.39, 0.29) is 5.56 Å². The zero-order chi connectivity index (χ0) is 17.2. The van der Waals surface area contributed by atoms with Crippen LogP contribution in [0.25, 0.3) is 0 Å². The van der Waals surface area contributed by atoms with Crippen molar-refractivity contribution in [3.8, 4) is 0 Å². The Kier molecular flexibility index (Phi) is 4.12. The van der Waals surface area contributed by atoms with E-state index >= 15 is 0 Å². The molecule has 0 aliphatic carbocycles. The normalized spacial score (nSPS) is 11.0. The smallest absolute Gasteiger partial charge is 0.287 e. The number of benzene rings is 2. The van der Waals surface area contributed by atoms with Gasteiger partial charge in [0.1, 0.15) is 5.56 Å². The lowest BCUT2D eigenvalue weighted by Crippen LogP contribution is -2.27. The molecule has 0 aliphatic heterocycles. The number of hydrogen-bond donors (Lipinski definition) is 0. The average Bonchev–Trinajstić information content (AvgIpc) is 2.54. The molecule has 0 heterocycles. The first kappa shape index (κ1) is 16.1. The van der Waals surface area contributed by atoms with Crippen molar-refractivity contribution >= 4 is 17.2 Å². The van der Waals surface area contributed by atoms with Crippen LogP contribution >= 0.6 is 0 Å². The third-order valence-electron chi connectivity index (χ3n) is 3.05. The third-order valence-corrected chi connectivity index (χ3v) is 3.05. The molecule has 0 aliphatic rings. The summed E-state index contributed by atoms with van der Waals surface area (Å²) in [6, 6.07) is 8.17. The van der Waals surface area contributed by atoms with Crippen LogP contribution in [-0.4, -0.2) is 15.6 Å². The first-order valence-electron chi connectivity index (χ1n) is 6.16. The second-order valence-electron chi connectivity index (χ2n) is 4.49. The maximum Gasteiger partial charge on any atom is 0.341 e. The Morgan fingerprint density at radius 3 is 2.09 bits per heavy atom. The molecule has 0 aromatic heterocycles. The minimum atomic E-state index is -4.20. The van der Waals surface area contributed by atoms with Crippen molar-refractivity contribution < 1.29 is 23.4 Å². The van der Waals surface area contributed by atoms with Gasteiger partial charge in [-0.1, -0.05) is 30.3 Å². The molecule has 118 valence electrons. The second kappa shape index (κ2) is 5.87. The summed E-state index contributed by atoms with van der Waals surface area (Å²) in [6.07, 6.45) is 0. The first-order chi connectivity index (χ1) is 10.7. The number of nitro benzene ring substituents is 2. The molecule has 2 aromatic carbocycles. The highest BCUT2D eigenvalue weighted by Crippen LogP contribution is 2.39. The molecule has 0 saturated carbocycles. The van der Waals surface area contributed by atoms with Crippen LogP contribution < -0.4 is 0 Å². The van der Waals surface area contributed by atoms with Gasteiger partial charge in [0.25, 0.3) is 11.4 Å². The molecule has 0 fully saturated rings. The van der Waals surface area contributed by atoms with Crippen LogP contribution in [-0.2, 0) is 5.92 Å². The van der Waals surface area contributed by atoms with Crippen molar-refractivity contribution in [2.45, 2.75) is 5.92 Å². The first-order valence-corrected chi connectivity index (χ1v) is 6.16. The monoisotopic (exact) mass is 322 g/mol. The number of alkyl halides is 2. The maximum absolute atomic E-state index is 14.4. The fraction of sp³-hybridized carbons (Fsp3) is 0.0714. The molecular weight excluding hydrogens is 314 g/mol. The fourth-order valence-electron chi connectivity index (χ4n) is 1.94. The fourth-order valence-corrected chi connectivity index (χ4v) is 1.94. The number of halogens is 2. The van der Waals surface area contributed by atoms with E-state index < -0.39 is 38.5 Å². The summed E-state index contributed by atoms with van der Waals surface area (Å²) in [6.45, 7) is 0. The molecule has 0 spiro atoms. The Morgan fingerprint density at radius 1 is 0.957 bits per heavy atom. The number of hydrogen-bond acceptors (Lipinski definition) is 5. The summed E-state index contributed by atoms with van der Waals surface area (Å²) in [7, 11) is 0. The number of rotatable bonds is 5. The number of Topliss-reactive ketones (excluding diaryl/α,β-unsaturated/α-hetero) is 1. The van der Waals surface area contributed by atoms with Gasteiger partial charge in [-0.25, -0.2) is 0 Å². The Balaban J connectivity index is 2.57. The van der Waals surface area contributed by atoms with Crippen LogP contribution in [0, 0.1) is 20.2 Å². The van der Waals surface area contributed by atoms with Crippen LogP contribution in [0.3, 0.4) is 0 Å². The number of nitro groups is 2. The Morgan fingerprint density at radius 2 is 1.57 bits per heavy atom. The lowest BCUT2D eigenvalue weighted by atomic mass is 9.97. The molecule has 9 heteroatoms. The molecule has 0 atom stereocenters. The highest BCUT2D eigenvalue weighted by atomic mass is 19.3. The van der Waals surface area contributed by atoms with Crippen molar-refractivity contribution in [1.82, 2.24) is 0 Å². The summed E-state index contributed by atoms with van der Waals surface area (Å²) in [5.41, 5.74) is -3.43. The quantitative estimate of drug-likeness (QED) is 0.476. The minimum absolute atomic E-state index is 0.329. The van der Waals surface area contributed by atoms with Gasteiger partial charge >= 0.3 is 5.92 Å². The lowest BCUT2D eigenvalue weighted by Gasteiger charge is -2.15. The van der Waals surface area contributed by atoms with Gasteiger partial charge in [-0.05, 0) is 6.07 Å². The highest BCUT2D eigenvalue weighted by Gasteiger charge is 2.46. The van der Waals surface area contributed by atoms with Gasteiger partial charge in [0.2, 0.25) is 5.78 Å². The van der Waals surface area contributed by atoms with Crippen LogP contribution in [0.1, 0.15) is 15.9 Å². The molecule has 0 amide bonds.